The molecule has 0 unspecified atom stereocenters. The molecule has 0 aliphatic rings. The lowest BCUT2D eigenvalue weighted by Gasteiger charge is -2.08. The van der Waals surface area contributed by atoms with Gasteiger partial charge in [0.15, 0.2) is 0 Å². The van der Waals surface area contributed by atoms with Crippen molar-refractivity contribution < 1.29 is 9.53 Å². The highest BCUT2D eigenvalue weighted by Crippen LogP contribution is 1.89. The minimum Gasteiger partial charge on any atom is -0.447 e. The van der Waals surface area contributed by atoms with Crippen molar-refractivity contribution in [3.8, 4) is 0 Å². The van der Waals surface area contributed by atoms with E-state index in [1.54, 1.807) is 0 Å². The molecule has 0 aromatic heterocycles. The molecule has 0 aliphatic heterocycles. The number of hydrogen-bond donors (Lipinski definition) is 1. The number of carbonyl (C=O) groups is 1. The van der Waals surface area contributed by atoms with Crippen LogP contribution in [0.5, 0.6) is 0 Å². The van der Waals surface area contributed by atoms with Crippen molar-refractivity contribution in [1.82, 2.24) is 5.32 Å². The zero-order valence-corrected chi connectivity index (χ0v) is 7.52. The van der Waals surface area contributed by atoms with Crippen LogP contribution in [-0.4, -0.2) is 18.7 Å². The summed E-state index contributed by atoms with van der Waals surface area (Å²) in [5.74, 6) is 0. The van der Waals surface area contributed by atoms with Gasteiger partial charge in [-0.3, -0.25) is 0 Å². The van der Waals surface area contributed by atoms with E-state index in [0.717, 1.165) is 12.8 Å². The predicted octanol–water partition coefficient (Wildman–Crippen LogP) is 1.92. The maximum atomic E-state index is 10.8. The maximum absolute atomic E-state index is 10.8. The normalized spacial score (nSPS) is 9.82. The Morgan fingerprint density at radius 2 is 2.18 bits per heavy atom. The van der Waals surface area contributed by atoms with Gasteiger partial charge in [0, 0.05) is 6.54 Å². The fraction of sp³-hybridized carbons (Fsp3) is 0.875. The van der Waals surface area contributed by atoms with Crippen LogP contribution in [0.4, 0.5) is 4.79 Å². The molecule has 0 aliphatic carbocycles. The van der Waals surface area contributed by atoms with Gasteiger partial charge in [-0.05, 0) is 20.3 Å². The van der Waals surface area contributed by atoms with Crippen molar-refractivity contribution in [3.63, 3.8) is 0 Å². The van der Waals surface area contributed by atoms with Crippen LogP contribution in [0.2, 0.25) is 0 Å². The van der Waals surface area contributed by atoms with Gasteiger partial charge in [0.1, 0.15) is 0 Å². The third-order valence-electron chi connectivity index (χ3n) is 1.14. The van der Waals surface area contributed by atoms with Crippen molar-refractivity contribution in [2.24, 2.45) is 0 Å². The van der Waals surface area contributed by atoms with Crippen molar-refractivity contribution >= 4 is 6.09 Å². The average Bonchev–Trinajstić information content (AvgIpc) is 1.86. The summed E-state index contributed by atoms with van der Waals surface area (Å²) in [5.41, 5.74) is 0. The number of alkyl carbamates (subject to hydrolysis) is 1. The molecule has 3 nitrogen and oxygen atoms in total. The minimum absolute atomic E-state index is 0.0309. The molecule has 3 heteroatoms. The molecule has 0 aromatic rings. The molecule has 0 saturated heterocycles. The minimum atomic E-state index is -0.312. The number of nitrogens with one attached hydrogen (secondary N) is 1. The highest BCUT2D eigenvalue weighted by atomic mass is 16.6. The Balaban J connectivity index is 3.23. The average molecular weight is 159 g/mol. The largest absolute Gasteiger partial charge is 0.447 e. The molecule has 0 rings (SSSR count). The fourth-order valence-electron chi connectivity index (χ4n) is 0.623. The topological polar surface area (TPSA) is 38.3 Å². The quantitative estimate of drug-likeness (QED) is 0.636. The number of rotatable bonds is 4. The summed E-state index contributed by atoms with van der Waals surface area (Å²) < 4.78 is 4.85. The first-order valence-electron chi connectivity index (χ1n) is 4.11. The van der Waals surface area contributed by atoms with E-state index in [1.165, 1.54) is 0 Å². The third kappa shape index (κ3) is 7.16. The molecule has 1 amide bonds. The highest BCUT2D eigenvalue weighted by Gasteiger charge is 2.01. The first-order chi connectivity index (χ1) is 5.16. The Hall–Kier alpha value is -0.730. The number of carbonyl (C=O) groups excluding carboxylic acids is 1. The molecule has 0 heterocycles. The highest BCUT2D eigenvalue weighted by molar-refractivity contribution is 5.67. The smallest absolute Gasteiger partial charge is 0.407 e. The van der Waals surface area contributed by atoms with Gasteiger partial charge in [-0.2, -0.15) is 0 Å². The van der Waals surface area contributed by atoms with E-state index < -0.39 is 0 Å². The maximum Gasteiger partial charge on any atom is 0.407 e. The van der Waals surface area contributed by atoms with E-state index in [1.807, 2.05) is 13.8 Å². The molecule has 0 bridgehead atoms. The molecule has 0 atom stereocenters. The van der Waals surface area contributed by atoms with E-state index in [2.05, 4.69) is 12.2 Å². The van der Waals surface area contributed by atoms with E-state index in [-0.39, 0.29) is 12.2 Å². The van der Waals surface area contributed by atoms with Crippen molar-refractivity contribution in [2.75, 3.05) is 6.54 Å². The van der Waals surface area contributed by atoms with Crippen LogP contribution in [0, 0.1) is 0 Å². The molecule has 66 valence electrons. The van der Waals surface area contributed by atoms with Crippen molar-refractivity contribution in [1.29, 1.82) is 0 Å². The number of unbranched alkanes of at least 4 members (excludes halogenated alkanes) is 1. The van der Waals surface area contributed by atoms with Gasteiger partial charge in [-0.1, -0.05) is 13.3 Å². The summed E-state index contributed by atoms with van der Waals surface area (Å²) in [4.78, 5) is 10.8. The van der Waals surface area contributed by atoms with Crippen LogP contribution in [0.1, 0.15) is 33.6 Å². The van der Waals surface area contributed by atoms with Crippen LogP contribution in [-0.2, 0) is 4.74 Å². The first-order valence-corrected chi connectivity index (χ1v) is 4.11. The van der Waals surface area contributed by atoms with Gasteiger partial charge in [0.05, 0.1) is 6.10 Å². The van der Waals surface area contributed by atoms with Gasteiger partial charge in [0.25, 0.3) is 0 Å². The molecule has 11 heavy (non-hydrogen) atoms. The fourth-order valence-corrected chi connectivity index (χ4v) is 0.623. The summed E-state index contributed by atoms with van der Waals surface area (Å²) in [7, 11) is 0. The second-order valence-electron chi connectivity index (χ2n) is 2.73. The zero-order chi connectivity index (χ0) is 8.69. The van der Waals surface area contributed by atoms with E-state index in [4.69, 9.17) is 4.74 Å². The Morgan fingerprint density at radius 1 is 1.55 bits per heavy atom. The van der Waals surface area contributed by atoms with Crippen LogP contribution in [0.25, 0.3) is 0 Å². The Labute approximate surface area is 68.1 Å². The van der Waals surface area contributed by atoms with Gasteiger partial charge in [-0.25, -0.2) is 4.79 Å². The van der Waals surface area contributed by atoms with Crippen LogP contribution >= 0.6 is 0 Å². The van der Waals surface area contributed by atoms with Crippen molar-refractivity contribution in [2.45, 2.75) is 39.7 Å². The van der Waals surface area contributed by atoms with Gasteiger partial charge < -0.3 is 10.1 Å². The van der Waals surface area contributed by atoms with Crippen LogP contribution in [0.15, 0.2) is 0 Å². The Morgan fingerprint density at radius 3 is 2.64 bits per heavy atom. The van der Waals surface area contributed by atoms with E-state index in [0.29, 0.717) is 6.54 Å². The number of hydrogen-bond acceptors (Lipinski definition) is 2. The lowest BCUT2D eigenvalue weighted by molar-refractivity contribution is 0.115. The number of ether oxygens (including phenoxy) is 1. The van der Waals surface area contributed by atoms with Crippen LogP contribution < -0.4 is 5.32 Å². The lowest BCUT2D eigenvalue weighted by atomic mass is 10.3. The second kappa shape index (κ2) is 6.01. The molecule has 1 N–H and O–H groups in total. The lowest BCUT2D eigenvalue weighted by Crippen LogP contribution is -2.27. The molecular weight excluding hydrogens is 142 g/mol. The van der Waals surface area contributed by atoms with E-state index >= 15 is 0 Å². The summed E-state index contributed by atoms with van der Waals surface area (Å²) in [6, 6.07) is 0. The predicted molar refractivity (Wildman–Crippen MR) is 44.5 cm³/mol. The summed E-state index contributed by atoms with van der Waals surface area (Å²) in [6.45, 7) is 6.45. The molecular formula is C8H17NO2. The second-order valence-corrected chi connectivity index (χ2v) is 2.73. The Bertz CT molecular complexity index is 113. The zero-order valence-electron chi connectivity index (χ0n) is 7.52. The number of amides is 1. The summed E-state index contributed by atoms with van der Waals surface area (Å²) in [6.07, 6.45) is 1.75. The molecule has 0 saturated carbocycles. The standard InChI is InChI=1S/C8H17NO2/c1-4-5-6-9-8(10)11-7(2)3/h7H,4-6H2,1-3H3,(H,9,10). The molecule has 0 aromatic carbocycles. The van der Waals surface area contributed by atoms with Crippen molar-refractivity contribution in [3.05, 3.63) is 0 Å². The Kier molecular flexibility index (Phi) is 5.61. The van der Waals surface area contributed by atoms with Crippen LogP contribution in [0.3, 0.4) is 0 Å². The third-order valence-corrected chi connectivity index (χ3v) is 1.14. The molecule has 0 spiro atoms. The van der Waals surface area contributed by atoms with Gasteiger partial charge in [0.2, 0.25) is 0 Å². The summed E-state index contributed by atoms with van der Waals surface area (Å²) in [5, 5.41) is 2.65. The first kappa shape index (κ1) is 10.3. The van der Waals surface area contributed by atoms with Gasteiger partial charge in [-0.15, -0.1) is 0 Å². The molecule has 0 fully saturated rings. The summed E-state index contributed by atoms with van der Waals surface area (Å²) >= 11 is 0. The molecule has 0 radical (unpaired) electrons. The van der Waals surface area contributed by atoms with E-state index in [9.17, 15) is 4.79 Å². The van der Waals surface area contributed by atoms with Gasteiger partial charge >= 0.3 is 6.09 Å². The monoisotopic (exact) mass is 159 g/mol. The SMILES string of the molecule is CCCCNC(=O)OC(C)C.